The van der Waals surface area contributed by atoms with Crippen LogP contribution >= 0.6 is 0 Å². The molecule has 2 heterocycles. The van der Waals surface area contributed by atoms with Crippen molar-refractivity contribution in [2.45, 2.75) is 6.18 Å². The molecule has 0 aliphatic carbocycles. The molecule has 0 unspecified atom stereocenters. The molecule has 0 bridgehead atoms. The second kappa shape index (κ2) is 6.71. The van der Waals surface area contributed by atoms with E-state index >= 15 is 0 Å². The Morgan fingerprint density at radius 2 is 1.80 bits per heavy atom. The van der Waals surface area contributed by atoms with E-state index in [4.69, 9.17) is 4.74 Å². The number of hydrogen-bond acceptors (Lipinski definition) is 6. The number of amides is 1. The SMILES string of the molecule is CN1CCN(C(=O)Oc2ccc(-c3noc(C(F)(F)F)n3)cc2)CC1. The first-order chi connectivity index (χ1) is 11.8. The van der Waals surface area contributed by atoms with Crippen LogP contribution in [0.1, 0.15) is 5.89 Å². The number of rotatable bonds is 2. The summed E-state index contributed by atoms with van der Waals surface area (Å²) >= 11 is 0. The molecule has 0 radical (unpaired) electrons. The molecule has 3 rings (SSSR count). The van der Waals surface area contributed by atoms with Crippen LogP contribution in [0.4, 0.5) is 18.0 Å². The Morgan fingerprint density at radius 1 is 1.16 bits per heavy atom. The van der Waals surface area contributed by atoms with Gasteiger partial charge in [-0.15, -0.1) is 0 Å². The van der Waals surface area contributed by atoms with Gasteiger partial charge in [0.2, 0.25) is 5.82 Å². The van der Waals surface area contributed by atoms with Crippen molar-refractivity contribution in [2.75, 3.05) is 33.2 Å². The van der Waals surface area contributed by atoms with Gasteiger partial charge in [-0.25, -0.2) is 4.79 Å². The fourth-order valence-corrected chi connectivity index (χ4v) is 2.28. The fraction of sp³-hybridized carbons (Fsp3) is 0.400. The maximum atomic E-state index is 12.5. The Kier molecular flexibility index (Phi) is 4.62. The summed E-state index contributed by atoms with van der Waals surface area (Å²) in [6.45, 7) is 2.70. The van der Waals surface area contributed by atoms with E-state index in [1.807, 2.05) is 7.05 Å². The molecule has 10 heteroatoms. The van der Waals surface area contributed by atoms with E-state index in [1.54, 1.807) is 4.90 Å². The number of piperazine rings is 1. The van der Waals surface area contributed by atoms with Crippen molar-refractivity contribution in [3.05, 3.63) is 30.2 Å². The highest BCUT2D eigenvalue weighted by atomic mass is 19.4. The van der Waals surface area contributed by atoms with Crippen LogP contribution in [0.3, 0.4) is 0 Å². The van der Waals surface area contributed by atoms with Crippen LogP contribution in [-0.4, -0.2) is 59.3 Å². The average Bonchev–Trinajstić information content (AvgIpc) is 3.06. The van der Waals surface area contributed by atoms with Crippen molar-refractivity contribution in [3.63, 3.8) is 0 Å². The number of benzene rings is 1. The highest BCUT2D eigenvalue weighted by Crippen LogP contribution is 2.29. The number of nitrogens with zero attached hydrogens (tertiary/aromatic N) is 4. The van der Waals surface area contributed by atoms with Crippen LogP contribution in [0.2, 0.25) is 0 Å². The summed E-state index contributed by atoms with van der Waals surface area (Å²) in [6.07, 6.45) is -5.15. The zero-order chi connectivity index (χ0) is 18.0. The zero-order valence-corrected chi connectivity index (χ0v) is 13.3. The second-order valence-electron chi connectivity index (χ2n) is 5.60. The number of aromatic nitrogens is 2. The molecular weight excluding hydrogens is 341 g/mol. The first-order valence-electron chi connectivity index (χ1n) is 7.49. The van der Waals surface area contributed by atoms with E-state index in [0.717, 1.165) is 13.1 Å². The van der Waals surface area contributed by atoms with Gasteiger partial charge in [0.15, 0.2) is 0 Å². The smallest absolute Gasteiger partial charge is 0.410 e. The molecule has 0 spiro atoms. The number of likely N-dealkylation sites (N-methyl/N-ethyl adjacent to an activating group) is 1. The van der Waals surface area contributed by atoms with Gasteiger partial charge in [-0.3, -0.25) is 0 Å². The first kappa shape index (κ1) is 17.2. The van der Waals surface area contributed by atoms with E-state index < -0.39 is 18.2 Å². The average molecular weight is 356 g/mol. The molecule has 1 fully saturated rings. The molecule has 7 nitrogen and oxygen atoms in total. The van der Waals surface area contributed by atoms with Crippen molar-refractivity contribution in [1.82, 2.24) is 19.9 Å². The highest BCUT2D eigenvalue weighted by Gasteiger charge is 2.38. The molecule has 134 valence electrons. The Balaban J connectivity index is 1.64. The minimum Gasteiger partial charge on any atom is -0.410 e. The summed E-state index contributed by atoms with van der Waals surface area (Å²) in [5.74, 6) is -1.32. The molecule has 2 aromatic rings. The van der Waals surface area contributed by atoms with Gasteiger partial charge in [0.05, 0.1) is 0 Å². The van der Waals surface area contributed by atoms with Gasteiger partial charge in [-0.2, -0.15) is 18.2 Å². The minimum atomic E-state index is -4.69. The minimum absolute atomic E-state index is 0.190. The second-order valence-corrected chi connectivity index (χ2v) is 5.60. The fourth-order valence-electron chi connectivity index (χ4n) is 2.28. The standard InChI is InChI=1S/C15H15F3N4O3/c1-21-6-8-22(9-7-21)14(23)24-11-4-2-10(3-5-11)12-19-13(25-20-12)15(16,17)18/h2-5H,6-9H2,1H3. The summed E-state index contributed by atoms with van der Waals surface area (Å²) in [4.78, 5) is 19.1. The number of carbonyl (C=O) groups is 1. The van der Waals surface area contributed by atoms with E-state index in [0.29, 0.717) is 18.7 Å². The van der Waals surface area contributed by atoms with E-state index in [9.17, 15) is 18.0 Å². The molecule has 1 saturated heterocycles. The maximum absolute atomic E-state index is 12.5. The lowest BCUT2D eigenvalue weighted by molar-refractivity contribution is -0.159. The number of hydrogen-bond donors (Lipinski definition) is 0. The van der Waals surface area contributed by atoms with Crippen molar-refractivity contribution in [2.24, 2.45) is 0 Å². The molecule has 0 atom stereocenters. The van der Waals surface area contributed by atoms with Gasteiger partial charge in [0.25, 0.3) is 0 Å². The van der Waals surface area contributed by atoms with Crippen LogP contribution in [0.5, 0.6) is 5.75 Å². The van der Waals surface area contributed by atoms with E-state index in [-0.39, 0.29) is 11.6 Å². The quantitative estimate of drug-likeness (QED) is 0.823. The Labute approximate surface area is 141 Å². The van der Waals surface area contributed by atoms with Gasteiger partial charge in [-0.1, -0.05) is 5.16 Å². The van der Waals surface area contributed by atoms with Crippen molar-refractivity contribution < 1.29 is 27.2 Å². The molecule has 1 aromatic carbocycles. The molecule has 0 saturated carbocycles. The predicted octanol–water partition coefficient (Wildman–Crippen LogP) is 2.50. The molecular formula is C15H15F3N4O3. The molecule has 1 aromatic heterocycles. The van der Waals surface area contributed by atoms with E-state index in [1.165, 1.54) is 24.3 Å². The Hall–Kier alpha value is -2.62. The zero-order valence-electron chi connectivity index (χ0n) is 13.3. The molecule has 1 aliphatic rings. The third kappa shape index (κ3) is 4.08. The number of ether oxygens (including phenoxy) is 1. The third-order valence-electron chi connectivity index (χ3n) is 3.75. The monoisotopic (exact) mass is 356 g/mol. The summed E-state index contributed by atoms with van der Waals surface area (Å²) < 4.78 is 46.8. The van der Waals surface area contributed by atoms with Gasteiger partial charge in [-0.05, 0) is 31.3 Å². The lowest BCUT2D eigenvalue weighted by atomic mass is 10.2. The molecule has 0 N–H and O–H groups in total. The van der Waals surface area contributed by atoms with Crippen LogP contribution in [0.15, 0.2) is 28.8 Å². The maximum Gasteiger partial charge on any atom is 0.471 e. The number of halogens is 3. The van der Waals surface area contributed by atoms with E-state index in [2.05, 4.69) is 19.6 Å². The lowest BCUT2D eigenvalue weighted by Gasteiger charge is -2.31. The van der Waals surface area contributed by atoms with Gasteiger partial charge in [0, 0.05) is 31.7 Å². The van der Waals surface area contributed by atoms with Crippen molar-refractivity contribution in [3.8, 4) is 17.1 Å². The first-order valence-corrected chi connectivity index (χ1v) is 7.49. The van der Waals surface area contributed by atoms with Crippen LogP contribution < -0.4 is 4.74 Å². The van der Waals surface area contributed by atoms with Gasteiger partial charge >= 0.3 is 18.2 Å². The normalized spacial score (nSPS) is 16.1. The third-order valence-corrected chi connectivity index (χ3v) is 3.75. The summed E-state index contributed by atoms with van der Waals surface area (Å²) in [7, 11) is 1.98. The Morgan fingerprint density at radius 3 is 2.36 bits per heavy atom. The van der Waals surface area contributed by atoms with Crippen LogP contribution in [0.25, 0.3) is 11.4 Å². The topological polar surface area (TPSA) is 71.7 Å². The van der Waals surface area contributed by atoms with Crippen molar-refractivity contribution in [1.29, 1.82) is 0 Å². The van der Waals surface area contributed by atoms with Gasteiger partial charge in [0.1, 0.15) is 5.75 Å². The van der Waals surface area contributed by atoms with Crippen molar-refractivity contribution >= 4 is 6.09 Å². The van der Waals surface area contributed by atoms with Crippen LogP contribution in [-0.2, 0) is 6.18 Å². The Bertz CT molecular complexity index is 737. The molecule has 1 aliphatic heterocycles. The predicted molar refractivity (Wildman–Crippen MR) is 79.8 cm³/mol. The number of alkyl halides is 3. The molecule has 25 heavy (non-hydrogen) atoms. The lowest BCUT2D eigenvalue weighted by Crippen LogP contribution is -2.48. The number of carbonyl (C=O) groups excluding carboxylic acids is 1. The molecule has 1 amide bonds. The highest BCUT2D eigenvalue weighted by molar-refractivity contribution is 5.71. The van der Waals surface area contributed by atoms with Gasteiger partial charge < -0.3 is 19.1 Å². The summed E-state index contributed by atoms with van der Waals surface area (Å²) in [5.41, 5.74) is 0.318. The largest absolute Gasteiger partial charge is 0.471 e. The summed E-state index contributed by atoms with van der Waals surface area (Å²) in [6, 6.07) is 5.84. The van der Waals surface area contributed by atoms with Crippen LogP contribution in [0, 0.1) is 0 Å². The summed E-state index contributed by atoms with van der Waals surface area (Å²) in [5, 5.41) is 3.30.